The summed E-state index contributed by atoms with van der Waals surface area (Å²) in [6, 6.07) is 8.87. The lowest BCUT2D eigenvalue weighted by Crippen LogP contribution is -2.32. The van der Waals surface area contributed by atoms with Crippen LogP contribution in [0.4, 0.5) is 0 Å². The largest absolute Gasteiger partial charge is 0.427 e. The van der Waals surface area contributed by atoms with Crippen molar-refractivity contribution in [1.82, 2.24) is 15.3 Å². The Morgan fingerprint density at radius 3 is 2.79 bits per heavy atom. The number of hydrogen-bond donors (Lipinski definition) is 2. The Kier molecular flexibility index (Phi) is 4.81. The maximum absolute atomic E-state index is 12.5. The van der Waals surface area contributed by atoms with E-state index in [2.05, 4.69) is 15.3 Å². The van der Waals surface area contributed by atoms with Crippen LogP contribution >= 0.6 is 0 Å². The monoisotopic (exact) mass is 379 g/mol. The molecule has 28 heavy (non-hydrogen) atoms. The highest BCUT2D eigenvalue weighted by atomic mass is 16.4. The summed E-state index contributed by atoms with van der Waals surface area (Å²) in [6.45, 7) is 1.99. The number of hydrogen-bond acceptors (Lipinski definition) is 5. The van der Waals surface area contributed by atoms with Gasteiger partial charge in [-0.3, -0.25) is 9.59 Å². The molecule has 0 aliphatic heterocycles. The number of nitrogens with one attached hydrogen (secondary N) is 2. The van der Waals surface area contributed by atoms with E-state index in [4.69, 9.17) is 4.42 Å². The van der Waals surface area contributed by atoms with Crippen LogP contribution in [0.25, 0.3) is 10.9 Å². The SMILES string of the molecule is Cc1cc(C2CCC2)oc(=O)c1C(=O)NCCc1nc2ccccc2c(=O)[nH]1. The Morgan fingerprint density at radius 1 is 1.29 bits per heavy atom. The molecule has 1 fully saturated rings. The Bertz CT molecular complexity index is 1160. The highest BCUT2D eigenvalue weighted by Crippen LogP contribution is 2.36. The highest BCUT2D eigenvalue weighted by Gasteiger charge is 2.25. The molecule has 0 spiro atoms. The van der Waals surface area contributed by atoms with Crippen LogP contribution in [0.2, 0.25) is 0 Å². The highest BCUT2D eigenvalue weighted by molar-refractivity contribution is 5.95. The van der Waals surface area contributed by atoms with Gasteiger partial charge in [-0.2, -0.15) is 0 Å². The van der Waals surface area contributed by atoms with E-state index in [1.165, 1.54) is 0 Å². The van der Waals surface area contributed by atoms with Crippen LogP contribution in [0.5, 0.6) is 0 Å². The minimum absolute atomic E-state index is 0.0306. The molecule has 1 aliphatic carbocycles. The molecule has 2 heterocycles. The van der Waals surface area contributed by atoms with Crippen molar-refractivity contribution in [3.05, 3.63) is 73.8 Å². The van der Waals surface area contributed by atoms with Crippen molar-refractivity contribution >= 4 is 16.8 Å². The van der Waals surface area contributed by atoms with Crippen LogP contribution in [-0.4, -0.2) is 22.4 Å². The molecule has 1 aliphatic rings. The molecular formula is C21H21N3O4. The summed E-state index contributed by atoms with van der Waals surface area (Å²) in [5.74, 6) is 0.963. The number of nitrogens with zero attached hydrogens (tertiary/aromatic N) is 1. The van der Waals surface area contributed by atoms with Crippen LogP contribution in [0.15, 0.2) is 44.3 Å². The van der Waals surface area contributed by atoms with Gasteiger partial charge in [-0.1, -0.05) is 18.6 Å². The predicted molar refractivity (Wildman–Crippen MR) is 105 cm³/mol. The second-order valence-corrected chi connectivity index (χ2v) is 7.16. The average molecular weight is 379 g/mol. The number of carbonyl (C=O) groups excluding carboxylic acids is 1. The molecule has 7 nitrogen and oxygen atoms in total. The number of aromatic amines is 1. The van der Waals surface area contributed by atoms with Gasteiger partial charge in [-0.05, 0) is 43.5 Å². The molecule has 1 amide bonds. The molecule has 3 aromatic rings. The molecule has 4 rings (SSSR count). The molecule has 1 saturated carbocycles. The zero-order valence-electron chi connectivity index (χ0n) is 15.6. The molecule has 0 atom stereocenters. The Labute approximate surface area is 160 Å². The Morgan fingerprint density at radius 2 is 2.07 bits per heavy atom. The molecule has 0 unspecified atom stereocenters. The fraction of sp³-hybridized carbons (Fsp3) is 0.333. The number of para-hydroxylation sites is 1. The van der Waals surface area contributed by atoms with Crippen LogP contribution in [0.3, 0.4) is 0 Å². The van der Waals surface area contributed by atoms with E-state index in [1.54, 1.807) is 31.2 Å². The minimum Gasteiger partial charge on any atom is -0.427 e. The number of fused-ring (bicyclic) bond motifs is 1. The average Bonchev–Trinajstić information content (AvgIpc) is 2.60. The van der Waals surface area contributed by atoms with Gasteiger partial charge in [0.25, 0.3) is 11.5 Å². The number of carbonyl (C=O) groups is 1. The summed E-state index contributed by atoms with van der Waals surface area (Å²) in [4.78, 5) is 43.9. The first-order valence-electron chi connectivity index (χ1n) is 9.43. The van der Waals surface area contributed by atoms with Gasteiger partial charge in [0.15, 0.2) is 0 Å². The molecule has 0 bridgehead atoms. The summed E-state index contributed by atoms with van der Waals surface area (Å²) in [6.07, 6.45) is 3.52. The lowest BCUT2D eigenvalue weighted by Gasteiger charge is -2.24. The van der Waals surface area contributed by atoms with E-state index in [0.717, 1.165) is 19.3 Å². The number of benzene rings is 1. The number of aryl methyl sites for hydroxylation is 1. The number of rotatable bonds is 5. The second kappa shape index (κ2) is 7.42. The summed E-state index contributed by atoms with van der Waals surface area (Å²) < 4.78 is 5.37. The Hall–Kier alpha value is -3.22. The number of aromatic nitrogens is 2. The number of H-pyrrole nitrogens is 1. The lowest BCUT2D eigenvalue weighted by atomic mass is 9.83. The quantitative estimate of drug-likeness (QED) is 0.708. The fourth-order valence-electron chi connectivity index (χ4n) is 3.44. The molecule has 1 aromatic carbocycles. The van der Waals surface area contributed by atoms with Gasteiger partial charge in [0.2, 0.25) is 0 Å². The van der Waals surface area contributed by atoms with Crippen molar-refractivity contribution in [2.45, 2.75) is 38.5 Å². The minimum atomic E-state index is -0.600. The van der Waals surface area contributed by atoms with Crippen LogP contribution < -0.4 is 16.5 Å². The van der Waals surface area contributed by atoms with Crippen molar-refractivity contribution in [2.24, 2.45) is 0 Å². The zero-order valence-corrected chi connectivity index (χ0v) is 15.6. The molecule has 7 heteroatoms. The van der Waals surface area contributed by atoms with Crippen molar-refractivity contribution in [3.63, 3.8) is 0 Å². The van der Waals surface area contributed by atoms with Gasteiger partial charge >= 0.3 is 5.63 Å². The summed E-state index contributed by atoms with van der Waals surface area (Å²) in [5.41, 5.74) is 0.443. The lowest BCUT2D eigenvalue weighted by molar-refractivity contribution is 0.0948. The summed E-state index contributed by atoms with van der Waals surface area (Å²) >= 11 is 0. The number of amides is 1. The second-order valence-electron chi connectivity index (χ2n) is 7.16. The van der Waals surface area contributed by atoms with Gasteiger partial charge in [-0.15, -0.1) is 0 Å². The van der Waals surface area contributed by atoms with Gasteiger partial charge in [0.1, 0.15) is 17.1 Å². The van der Waals surface area contributed by atoms with E-state index in [9.17, 15) is 14.4 Å². The third-order valence-corrected chi connectivity index (χ3v) is 5.21. The van der Waals surface area contributed by atoms with Gasteiger partial charge in [0, 0.05) is 18.9 Å². The molecule has 144 valence electrons. The standard InChI is InChI=1S/C21H21N3O4/c1-12-11-16(13-5-4-6-13)28-21(27)18(12)20(26)22-10-9-17-23-15-8-3-2-7-14(15)19(25)24-17/h2-3,7-8,11,13H,4-6,9-10H2,1H3,(H,22,26)(H,23,24,25). The van der Waals surface area contributed by atoms with E-state index >= 15 is 0 Å². The van der Waals surface area contributed by atoms with Crippen molar-refractivity contribution < 1.29 is 9.21 Å². The van der Waals surface area contributed by atoms with E-state index in [-0.39, 0.29) is 17.7 Å². The molecule has 2 aromatic heterocycles. The first kappa shape index (κ1) is 18.2. The van der Waals surface area contributed by atoms with E-state index in [1.807, 2.05) is 6.07 Å². The van der Waals surface area contributed by atoms with Gasteiger partial charge in [0.05, 0.1) is 10.9 Å². The van der Waals surface area contributed by atoms with Gasteiger partial charge in [-0.25, -0.2) is 9.78 Å². The van der Waals surface area contributed by atoms with Crippen molar-refractivity contribution in [2.75, 3.05) is 6.54 Å². The third kappa shape index (κ3) is 3.47. The van der Waals surface area contributed by atoms with E-state index < -0.39 is 11.5 Å². The van der Waals surface area contributed by atoms with Crippen molar-refractivity contribution in [1.29, 1.82) is 0 Å². The summed E-state index contributed by atoms with van der Waals surface area (Å²) in [7, 11) is 0. The van der Waals surface area contributed by atoms with Crippen LogP contribution in [0, 0.1) is 6.92 Å². The molecular weight excluding hydrogens is 358 g/mol. The molecule has 0 saturated heterocycles. The molecule has 0 radical (unpaired) electrons. The molecule has 2 N–H and O–H groups in total. The normalized spacial score (nSPS) is 14.0. The first-order chi connectivity index (χ1) is 13.5. The maximum Gasteiger partial charge on any atom is 0.349 e. The fourth-order valence-corrected chi connectivity index (χ4v) is 3.44. The van der Waals surface area contributed by atoms with E-state index in [0.29, 0.717) is 40.4 Å². The predicted octanol–water partition coefficient (Wildman–Crippen LogP) is 2.42. The first-order valence-corrected chi connectivity index (χ1v) is 9.43. The van der Waals surface area contributed by atoms with Crippen LogP contribution in [-0.2, 0) is 6.42 Å². The summed E-state index contributed by atoms with van der Waals surface area (Å²) in [5, 5.41) is 3.24. The zero-order chi connectivity index (χ0) is 19.7. The van der Waals surface area contributed by atoms with Crippen molar-refractivity contribution in [3.8, 4) is 0 Å². The smallest absolute Gasteiger partial charge is 0.349 e. The van der Waals surface area contributed by atoms with Gasteiger partial charge < -0.3 is 14.7 Å². The van der Waals surface area contributed by atoms with Crippen LogP contribution in [0.1, 0.15) is 52.7 Å². The third-order valence-electron chi connectivity index (χ3n) is 5.21. The Balaban J connectivity index is 1.45. The maximum atomic E-state index is 12.5. The topological polar surface area (TPSA) is 105 Å².